The topological polar surface area (TPSA) is 62.7 Å². The molecule has 6 heteroatoms. The first kappa shape index (κ1) is 15.9. The van der Waals surface area contributed by atoms with E-state index in [2.05, 4.69) is 4.98 Å². The number of hydrogen-bond acceptors (Lipinski definition) is 4. The van der Waals surface area contributed by atoms with Crippen molar-refractivity contribution in [3.05, 3.63) is 30.1 Å². The summed E-state index contributed by atoms with van der Waals surface area (Å²) in [6, 6.07) is 5.81. The molecule has 3 aliphatic rings. The molecule has 2 amide bonds. The second kappa shape index (κ2) is 7.08. The third kappa shape index (κ3) is 3.52. The van der Waals surface area contributed by atoms with Crippen molar-refractivity contribution in [1.82, 2.24) is 14.8 Å². The highest BCUT2D eigenvalue weighted by atomic mass is 16.5. The van der Waals surface area contributed by atoms with Gasteiger partial charge in [-0.25, -0.2) is 0 Å². The summed E-state index contributed by atoms with van der Waals surface area (Å²) in [7, 11) is 0. The van der Waals surface area contributed by atoms with Crippen LogP contribution in [-0.2, 0) is 20.9 Å². The van der Waals surface area contributed by atoms with Crippen molar-refractivity contribution >= 4 is 11.8 Å². The van der Waals surface area contributed by atoms with E-state index in [0.29, 0.717) is 26.2 Å². The molecule has 3 fully saturated rings. The summed E-state index contributed by atoms with van der Waals surface area (Å²) in [6.45, 7) is 4.13. The molecular formula is C17H23N3O3. The fraction of sp³-hybridized carbons (Fsp3) is 0.588. The van der Waals surface area contributed by atoms with Crippen molar-refractivity contribution in [1.29, 1.82) is 0 Å². The van der Waals surface area contributed by atoms with Crippen molar-refractivity contribution in [2.45, 2.75) is 32.4 Å². The molecule has 0 saturated carbocycles. The minimum absolute atomic E-state index is 0.0174. The first-order chi connectivity index (χ1) is 11.2. The lowest BCUT2D eigenvalue weighted by atomic mass is 9.94. The Morgan fingerprint density at radius 2 is 2.22 bits per heavy atom. The number of hydrogen-bond donors (Lipinski definition) is 0. The van der Waals surface area contributed by atoms with E-state index in [1.54, 1.807) is 11.1 Å². The largest absolute Gasteiger partial charge is 0.372 e. The molecule has 124 valence electrons. The van der Waals surface area contributed by atoms with Gasteiger partial charge in [-0.3, -0.25) is 14.6 Å². The number of nitrogens with zero attached hydrogens (tertiary/aromatic N) is 3. The molecule has 3 saturated heterocycles. The summed E-state index contributed by atoms with van der Waals surface area (Å²) < 4.78 is 5.23. The SMILES string of the molecule is CCOCC(=O)N1C[C@H]2CC[C@@H](C1)N(Cc1ccccn1)C2=O. The first-order valence-corrected chi connectivity index (χ1v) is 8.25. The summed E-state index contributed by atoms with van der Waals surface area (Å²) in [5.41, 5.74) is 0.889. The smallest absolute Gasteiger partial charge is 0.248 e. The normalized spacial score (nSPS) is 24.0. The second-order valence-corrected chi connectivity index (χ2v) is 6.15. The number of fused-ring (bicyclic) bond motifs is 4. The molecule has 0 aromatic carbocycles. The van der Waals surface area contributed by atoms with Gasteiger partial charge in [0.25, 0.3) is 0 Å². The summed E-state index contributed by atoms with van der Waals surface area (Å²) >= 11 is 0. The predicted molar refractivity (Wildman–Crippen MR) is 84.4 cm³/mol. The average Bonchev–Trinajstić information content (AvgIpc) is 2.86. The number of amides is 2. The number of carbonyl (C=O) groups excluding carboxylic acids is 2. The standard InChI is InChI=1S/C17H23N3O3/c1-2-23-12-16(21)19-9-13-6-7-15(11-19)20(17(13)22)10-14-5-3-4-8-18-14/h3-5,8,13,15H,2,6-7,9-12H2,1H3/t13-,15+/m1/s1. The van der Waals surface area contributed by atoms with Crippen LogP contribution in [-0.4, -0.2) is 58.9 Å². The number of carbonyl (C=O) groups is 2. The zero-order valence-corrected chi connectivity index (χ0v) is 13.5. The lowest BCUT2D eigenvalue weighted by Gasteiger charge is -2.35. The Hall–Kier alpha value is -1.95. The molecular weight excluding hydrogens is 294 g/mol. The van der Waals surface area contributed by atoms with Crippen molar-refractivity contribution in [2.24, 2.45) is 5.92 Å². The average molecular weight is 317 g/mol. The van der Waals surface area contributed by atoms with Crippen molar-refractivity contribution < 1.29 is 14.3 Å². The van der Waals surface area contributed by atoms with Gasteiger partial charge >= 0.3 is 0 Å². The Bertz CT molecular complexity index is 563. The molecule has 0 aliphatic carbocycles. The van der Waals surface area contributed by atoms with E-state index >= 15 is 0 Å². The second-order valence-electron chi connectivity index (χ2n) is 6.15. The maximum atomic E-state index is 12.7. The van der Waals surface area contributed by atoms with E-state index in [1.165, 1.54) is 0 Å². The van der Waals surface area contributed by atoms with Gasteiger partial charge in [0.1, 0.15) is 6.61 Å². The molecule has 2 atom stereocenters. The molecule has 4 rings (SSSR count). The quantitative estimate of drug-likeness (QED) is 0.815. The summed E-state index contributed by atoms with van der Waals surface area (Å²) in [4.78, 5) is 33.0. The van der Waals surface area contributed by atoms with Crippen LogP contribution in [0.1, 0.15) is 25.5 Å². The summed E-state index contributed by atoms with van der Waals surface area (Å²) in [5.74, 6) is 0.0397. The van der Waals surface area contributed by atoms with Crippen molar-refractivity contribution in [2.75, 3.05) is 26.3 Å². The van der Waals surface area contributed by atoms with Gasteiger partial charge in [-0.05, 0) is 31.9 Å². The van der Waals surface area contributed by atoms with Crippen LogP contribution in [0.5, 0.6) is 0 Å². The maximum absolute atomic E-state index is 12.7. The maximum Gasteiger partial charge on any atom is 0.248 e. The minimum Gasteiger partial charge on any atom is -0.372 e. The van der Waals surface area contributed by atoms with Gasteiger partial charge in [0.05, 0.1) is 18.2 Å². The molecule has 2 bridgehead atoms. The van der Waals surface area contributed by atoms with Gasteiger partial charge in [0.15, 0.2) is 0 Å². The number of aromatic nitrogens is 1. The Labute approximate surface area is 136 Å². The number of ether oxygens (including phenoxy) is 1. The highest BCUT2D eigenvalue weighted by molar-refractivity contribution is 5.83. The van der Waals surface area contributed by atoms with Gasteiger partial charge < -0.3 is 14.5 Å². The molecule has 1 aromatic rings. The Morgan fingerprint density at radius 1 is 1.35 bits per heavy atom. The van der Waals surface area contributed by atoms with Crippen molar-refractivity contribution in [3.63, 3.8) is 0 Å². The molecule has 0 spiro atoms. The summed E-state index contributed by atoms with van der Waals surface area (Å²) in [6.07, 6.45) is 3.55. The molecule has 3 aliphatic heterocycles. The lowest BCUT2D eigenvalue weighted by Crippen LogP contribution is -2.47. The van der Waals surface area contributed by atoms with Crippen LogP contribution in [0.3, 0.4) is 0 Å². The van der Waals surface area contributed by atoms with Gasteiger partial charge in [0.2, 0.25) is 11.8 Å². The van der Waals surface area contributed by atoms with E-state index in [0.717, 1.165) is 18.5 Å². The number of pyridine rings is 1. The predicted octanol–water partition coefficient (Wildman–Crippen LogP) is 1.07. The molecule has 23 heavy (non-hydrogen) atoms. The Balaban J connectivity index is 1.72. The van der Waals surface area contributed by atoms with Crippen LogP contribution < -0.4 is 0 Å². The van der Waals surface area contributed by atoms with Gasteiger partial charge in [-0.2, -0.15) is 0 Å². The monoisotopic (exact) mass is 317 g/mol. The van der Waals surface area contributed by atoms with Gasteiger partial charge in [0, 0.05) is 31.9 Å². The molecule has 6 nitrogen and oxygen atoms in total. The third-order valence-corrected chi connectivity index (χ3v) is 4.63. The van der Waals surface area contributed by atoms with E-state index in [4.69, 9.17) is 4.74 Å². The molecule has 0 N–H and O–H groups in total. The lowest BCUT2D eigenvalue weighted by molar-refractivity contribution is -0.140. The molecule has 0 unspecified atom stereocenters. The van der Waals surface area contributed by atoms with Crippen LogP contribution in [0, 0.1) is 5.92 Å². The van der Waals surface area contributed by atoms with Crippen LogP contribution >= 0.6 is 0 Å². The van der Waals surface area contributed by atoms with E-state index in [9.17, 15) is 9.59 Å². The van der Waals surface area contributed by atoms with Gasteiger partial charge in [-0.15, -0.1) is 0 Å². The van der Waals surface area contributed by atoms with Crippen LogP contribution in [0.15, 0.2) is 24.4 Å². The highest BCUT2D eigenvalue weighted by Crippen LogP contribution is 2.30. The zero-order valence-electron chi connectivity index (χ0n) is 13.5. The third-order valence-electron chi connectivity index (χ3n) is 4.63. The minimum atomic E-state index is -0.0944. The summed E-state index contributed by atoms with van der Waals surface area (Å²) in [5, 5.41) is 0. The molecule has 1 aromatic heterocycles. The van der Waals surface area contributed by atoms with Crippen LogP contribution in [0.2, 0.25) is 0 Å². The Kier molecular flexibility index (Phi) is 4.91. The number of rotatable bonds is 5. The first-order valence-electron chi connectivity index (χ1n) is 8.25. The fourth-order valence-corrected chi connectivity index (χ4v) is 3.40. The highest BCUT2D eigenvalue weighted by Gasteiger charge is 2.41. The number of piperidine rings is 1. The molecule has 0 radical (unpaired) electrons. The van der Waals surface area contributed by atoms with Crippen LogP contribution in [0.4, 0.5) is 0 Å². The fourth-order valence-electron chi connectivity index (χ4n) is 3.40. The zero-order chi connectivity index (χ0) is 16.2. The molecule has 4 heterocycles. The Morgan fingerprint density at radius 3 is 2.96 bits per heavy atom. The van der Waals surface area contributed by atoms with E-state index in [-0.39, 0.29) is 30.4 Å². The van der Waals surface area contributed by atoms with Crippen molar-refractivity contribution in [3.8, 4) is 0 Å². The van der Waals surface area contributed by atoms with E-state index < -0.39 is 0 Å². The van der Waals surface area contributed by atoms with E-state index in [1.807, 2.05) is 30.0 Å². The van der Waals surface area contributed by atoms with Gasteiger partial charge in [-0.1, -0.05) is 6.07 Å². The van der Waals surface area contributed by atoms with Crippen LogP contribution in [0.25, 0.3) is 0 Å².